The van der Waals surface area contributed by atoms with Gasteiger partial charge in [0.25, 0.3) is 0 Å². The Morgan fingerprint density at radius 2 is 1.11 bits per heavy atom. The largest absolute Gasteiger partial charge is 0.460 e. The maximum absolute atomic E-state index is 13.2. The first-order valence-corrected chi connectivity index (χ1v) is 9.68. The Morgan fingerprint density at radius 3 is 1.48 bits per heavy atom. The van der Waals surface area contributed by atoms with Gasteiger partial charge in [-0.25, -0.2) is 0 Å². The molecule has 1 fully saturated rings. The molecule has 6 heteroatoms. The molecule has 6 nitrogen and oxygen atoms in total. The number of hydrogen-bond donors (Lipinski definition) is 0. The summed E-state index contributed by atoms with van der Waals surface area (Å²) >= 11 is 0. The van der Waals surface area contributed by atoms with Crippen molar-refractivity contribution in [1.29, 1.82) is 0 Å². The van der Waals surface area contributed by atoms with Gasteiger partial charge in [0.1, 0.15) is 16.8 Å². The third kappa shape index (κ3) is 6.51. The minimum atomic E-state index is -1.68. The molecule has 1 rings (SSSR count). The van der Waals surface area contributed by atoms with E-state index in [1.807, 2.05) is 0 Å². The third-order valence-corrected chi connectivity index (χ3v) is 4.13. The fraction of sp³-hybridized carbons (Fsp3) is 0.857. The van der Waals surface area contributed by atoms with Crippen molar-refractivity contribution in [1.82, 2.24) is 0 Å². The lowest BCUT2D eigenvalue weighted by molar-refractivity contribution is -0.200. The van der Waals surface area contributed by atoms with Gasteiger partial charge in [0.05, 0.1) is 5.92 Å². The van der Waals surface area contributed by atoms with E-state index in [4.69, 9.17) is 14.2 Å². The van der Waals surface area contributed by atoms with E-state index >= 15 is 0 Å². The Bertz CT molecular complexity index is 543. The van der Waals surface area contributed by atoms with Crippen molar-refractivity contribution in [3.8, 4) is 0 Å². The average molecular weight is 385 g/mol. The van der Waals surface area contributed by atoms with E-state index in [1.54, 1.807) is 62.3 Å². The number of esters is 3. The number of hydrogen-bond acceptors (Lipinski definition) is 6. The summed E-state index contributed by atoms with van der Waals surface area (Å²) in [5.74, 6) is -2.89. The molecule has 0 aromatic rings. The summed E-state index contributed by atoms with van der Waals surface area (Å²) in [6, 6.07) is 0. The molecule has 0 bridgehead atoms. The molecular formula is C21H36O6. The van der Waals surface area contributed by atoms with Crippen molar-refractivity contribution in [2.45, 2.75) is 105 Å². The smallest absolute Gasteiger partial charge is 0.324 e. The van der Waals surface area contributed by atoms with Gasteiger partial charge in [-0.1, -0.05) is 12.8 Å². The molecule has 0 aliphatic heterocycles. The van der Waals surface area contributed by atoms with Crippen LogP contribution in [0.15, 0.2) is 0 Å². The minimum Gasteiger partial charge on any atom is -0.460 e. The van der Waals surface area contributed by atoms with Crippen LogP contribution in [0, 0.1) is 11.3 Å². The Kier molecular flexibility index (Phi) is 6.78. The van der Waals surface area contributed by atoms with Crippen LogP contribution in [0.25, 0.3) is 0 Å². The van der Waals surface area contributed by atoms with Gasteiger partial charge in [-0.3, -0.25) is 14.4 Å². The van der Waals surface area contributed by atoms with E-state index in [2.05, 4.69) is 0 Å². The van der Waals surface area contributed by atoms with E-state index in [9.17, 15) is 14.4 Å². The molecule has 1 aliphatic carbocycles. The SMILES string of the molecule is CC(C)(C)OC(=O)C1CCCCC1(C(=O)OC(C)(C)C)C(=O)OC(C)(C)C. The van der Waals surface area contributed by atoms with Crippen LogP contribution in [0.1, 0.15) is 88.0 Å². The van der Waals surface area contributed by atoms with Crippen LogP contribution in [0.5, 0.6) is 0 Å². The van der Waals surface area contributed by atoms with Gasteiger partial charge in [0, 0.05) is 0 Å². The lowest BCUT2D eigenvalue weighted by atomic mass is 9.65. The standard InChI is InChI=1S/C21H36O6/c1-18(2,3)25-15(22)14-12-10-11-13-21(14,16(23)26-19(4,5)6)17(24)27-20(7,8)9/h14H,10-13H2,1-9H3. The van der Waals surface area contributed by atoms with Crippen LogP contribution in [0.2, 0.25) is 0 Å². The maximum atomic E-state index is 13.2. The highest BCUT2D eigenvalue weighted by molar-refractivity contribution is 6.04. The number of ether oxygens (including phenoxy) is 3. The fourth-order valence-electron chi connectivity index (χ4n) is 3.18. The molecule has 0 spiro atoms. The van der Waals surface area contributed by atoms with Crippen molar-refractivity contribution in [2.24, 2.45) is 11.3 Å². The first-order valence-electron chi connectivity index (χ1n) is 9.68. The fourth-order valence-corrected chi connectivity index (χ4v) is 3.18. The van der Waals surface area contributed by atoms with Crippen molar-refractivity contribution in [3.63, 3.8) is 0 Å². The predicted octanol–water partition coefficient (Wildman–Crippen LogP) is 4.19. The third-order valence-electron chi connectivity index (χ3n) is 4.13. The van der Waals surface area contributed by atoms with E-state index in [-0.39, 0.29) is 6.42 Å². The minimum absolute atomic E-state index is 0.209. The van der Waals surface area contributed by atoms with Crippen LogP contribution in [-0.2, 0) is 28.6 Å². The van der Waals surface area contributed by atoms with Gasteiger partial charge in [0.15, 0.2) is 5.41 Å². The van der Waals surface area contributed by atoms with E-state index in [0.717, 1.165) is 6.42 Å². The Balaban J connectivity index is 3.40. The highest BCUT2D eigenvalue weighted by Gasteiger charge is 2.60. The topological polar surface area (TPSA) is 78.9 Å². The second-order valence-corrected chi connectivity index (χ2v) is 10.3. The Labute approximate surface area is 163 Å². The van der Waals surface area contributed by atoms with E-state index in [0.29, 0.717) is 12.8 Å². The van der Waals surface area contributed by atoms with Gasteiger partial charge >= 0.3 is 17.9 Å². The van der Waals surface area contributed by atoms with Crippen LogP contribution in [0.4, 0.5) is 0 Å². The summed E-state index contributed by atoms with van der Waals surface area (Å²) in [5.41, 5.74) is -3.98. The lowest BCUT2D eigenvalue weighted by Gasteiger charge is -2.41. The maximum Gasteiger partial charge on any atom is 0.324 e. The quantitative estimate of drug-likeness (QED) is 0.412. The van der Waals surface area contributed by atoms with E-state index < -0.39 is 46.0 Å². The summed E-state index contributed by atoms with van der Waals surface area (Å²) in [5, 5.41) is 0. The molecule has 0 N–H and O–H groups in total. The lowest BCUT2D eigenvalue weighted by Crippen LogP contribution is -2.55. The first-order chi connectivity index (χ1) is 12.0. The summed E-state index contributed by atoms with van der Waals surface area (Å²) in [6.07, 6.45) is 1.96. The molecule has 0 amide bonds. The van der Waals surface area contributed by atoms with Crippen LogP contribution >= 0.6 is 0 Å². The molecule has 1 atom stereocenters. The second-order valence-electron chi connectivity index (χ2n) is 10.3. The predicted molar refractivity (Wildman–Crippen MR) is 102 cm³/mol. The van der Waals surface area contributed by atoms with Crippen molar-refractivity contribution >= 4 is 17.9 Å². The normalized spacial score (nSPS) is 20.6. The molecule has 27 heavy (non-hydrogen) atoms. The monoisotopic (exact) mass is 384 g/mol. The van der Waals surface area contributed by atoms with Crippen molar-refractivity contribution in [2.75, 3.05) is 0 Å². The number of carbonyl (C=O) groups excluding carboxylic acids is 3. The zero-order valence-electron chi connectivity index (χ0n) is 18.4. The zero-order valence-corrected chi connectivity index (χ0v) is 18.4. The van der Waals surface area contributed by atoms with Crippen LogP contribution in [-0.4, -0.2) is 34.7 Å². The molecule has 0 saturated heterocycles. The van der Waals surface area contributed by atoms with Crippen molar-refractivity contribution in [3.05, 3.63) is 0 Å². The molecular weight excluding hydrogens is 348 g/mol. The highest BCUT2D eigenvalue weighted by atomic mass is 16.6. The second kappa shape index (κ2) is 7.80. The van der Waals surface area contributed by atoms with E-state index in [1.165, 1.54) is 0 Å². The first kappa shape index (κ1) is 23.4. The summed E-state index contributed by atoms with van der Waals surface area (Å²) in [6.45, 7) is 15.7. The Hall–Kier alpha value is -1.59. The molecule has 156 valence electrons. The van der Waals surface area contributed by atoms with Gasteiger partial charge in [0.2, 0.25) is 0 Å². The summed E-state index contributed by atoms with van der Waals surface area (Å²) in [4.78, 5) is 39.4. The highest BCUT2D eigenvalue weighted by Crippen LogP contribution is 2.46. The molecule has 1 saturated carbocycles. The molecule has 0 radical (unpaired) electrons. The zero-order chi connectivity index (χ0) is 21.3. The molecule has 1 unspecified atom stereocenters. The number of rotatable bonds is 3. The molecule has 0 heterocycles. The molecule has 0 aromatic carbocycles. The average Bonchev–Trinajstić information content (AvgIpc) is 2.41. The van der Waals surface area contributed by atoms with Crippen LogP contribution < -0.4 is 0 Å². The molecule has 1 aliphatic rings. The molecule has 0 aromatic heterocycles. The van der Waals surface area contributed by atoms with Crippen LogP contribution in [0.3, 0.4) is 0 Å². The van der Waals surface area contributed by atoms with Crippen molar-refractivity contribution < 1.29 is 28.6 Å². The van der Waals surface area contributed by atoms with Gasteiger partial charge in [-0.15, -0.1) is 0 Å². The Morgan fingerprint density at radius 1 is 0.704 bits per heavy atom. The van der Waals surface area contributed by atoms with Gasteiger partial charge < -0.3 is 14.2 Å². The number of carbonyl (C=O) groups is 3. The summed E-state index contributed by atoms with van der Waals surface area (Å²) < 4.78 is 16.7. The van der Waals surface area contributed by atoms with Gasteiger partial charge in [-0.05, 0) is 75.2 Å². The summed E-state index contributed by atoms with van der Waals surface area (Å²) in [7, 11) is 0. The van der Waals surface area contributed by atoms with Gasteiger partial charge in [-0.2, -0.15) is 0 Å².